The van der Waals surface area contributed by atoms with Crippen LogP contribution in [0, 0.1) is 20.8 Å². The predicted molar refractivity (Wildman–Crippen MR) is 215 cm³/mol. The zero-order valence-corrected chi connectivity index (χ0v) is 34.7. The molecule has 0 amide bonds. The molecule has 0 saturated carbocycles. The molecule has 10 nitrogen and oxygen atoms in total. The Balaban J connectivity index is 0.000000168. The molecule has 0 saturated heterocycles. The van der Waals surface area contributed by atoms with Crippen LogP contribution in [0.2, 0.25) is 0 Å². The summed E-state index contributed by atoms with van der Waals surface area (Å²) in [5.74, 6) is 0.610. The van der Waals surface area contributed by atoms with E-state index in [-0.39, 0.29) is 49.9 Å². The van der Waals surface area contributed by atoms with Crippen molar-refractivity contribution in [1.82, 2.24) is 15.0 Å². The van der Waals surface area contributed by atoms with Crippen LogP contribution in [0.15, 0.2) is 101 Å². The highest BCUT2D eigenvalue weighted by atomic mass is 79.9. The van der Waals surface area contributed by atoms with Crippen molar-refractivity contribution in [2.24, 2.45) is 4.99 Å². The normalized spacial score (nSPS) is 12.5. The minimum Gasteiger partial charge on any atom is -0.443 e. The maximum Gasteiger partial charge on any atom is 0.488 e. The Morgan fingerprint density at radius 3 is 1.42 bits per heavy atom. The summed E-state index contributed by atoms with van der Waals surface area (Å²) >= 11 is 6.76. The number of ether oxygens (including phenoxy) is 1. The molecule has 0 fully saturated rings. The molecule has 8 aromatic rings. The van der Waals surface area contributed by atoms with Crippen LogP contribution in [0.4, 0.5) is 45.2 Å². The Bertz CT molecular complexity index is 2870. The van der Waals surface area contributed by atoms with Gasteiger partial charge in [-0.2, -0.15) is 39.5 Å². The summed E-state index contributed by atoms with van der Waals surface area (Å²) in [6.07, 6.45) is -7.66. The van der Waals surface area contributed by atoms with Crippen molar-refractivity contribution in [3.05, 3.63) is 116 Å². The molecule has 2 N–H and O–H groups in total. The molecule has 0 radical (unpaired) electrons. The number of aliphatic imine (C=N–C) groups is 1. The summed E-state index contributed by atoms with van der Waals surface area (Å²) in [5, 5.41) is 17.5. The van der Waals surface area contributed by atoms with Gasteiger partial charge in [0.05, 0.1) is 27.8 Å². The molecule has 1 aliphatic rings. The molecule has 318 valence electrons. The molecule has 5 aromatic carbocycles. The van der Waals surface area contributed by atoms with Gasteiger partial charge in [0, 0.05) is 0 Å². The van der Waals surface area contributed by atoms with E-state index >= 15 is 0 Å². The van der Waals surface area contributed by atoms with Gasteiger partial charge in [-0.1, -0.05) is 29.8 Å². The molecule has 0 unspecified atom stereocenters. The van der Waals surface area contributed by atoms with Crippen LogP contribution < -0.4 is 10.2 Å². The molecule has 0 aliphatic carbocycles. The smallest absolute Gasteiger partial charge is 0.443 e. The van der Waals surface area contributed by atoms with Crippen molar-refractivity contribution in [3.63, 3.8) is 0 Å². The van der Waals surface area contributed by atoms with E-state index in [9.17, 15) is 39.5 Å². The van der Waals surface area contributed by atoms with Crippen LogP contribution in [0.3, 0.4) is 0 Å². The van der Waals surface area contributed by atoms with Crippen LogP contribution >= 0.6 is 31.9 Å². The first-order valence-electron chi connectivity index (χ1n) is 17.5. The molecule has 0 spiro atoms. The summed E-state index contributed by atoms with van der Waals surface area (Å²) in [4.78, 5) is 16.4. The van der Waals surface area contributed by atoms with Gasteiger partial charge in [-0.05, 0) is 116 Å². The Morgan fingerprint density at radius 2 is 0.968 bits per heavy atom. The standard InChI is InChI=1S/C24H14F6N2O2.C8H8BF3O2.C8HBr2N2O2/c1-11-3-13(7-15(5-11)23(25,26)27)17-19-22(34-9-31-19)18(20-21(17)33-10-32-20)14-4-12(2)6-16(8-14)24(28,29)30;1-5-2-6(8(10,11)12)4-7(3-5)9(13)14;9-3-5-7(13-1-11-5)4(10)6-8(3)14-2-12-6/h3-10H,1-2H3;2-4,13-14H,1H3;1H/q;;+1. The average Bonchev–Trinajstić information content (AvgIpc) is 4.02. The summed E-state index contributed by atoms with van der Waals surface area (Å²) in [6, 6.07) is 9.99. The zero-order valence-electron chi connectivity index (χ0n) is 31.5. The van der Waals surface area contributed by atoms with E-state index in [1.54, 1.807) is 0 Å². The molecule has 9 rings (SSSR count). The third-order valence-electron chi connectivity index (χ3n) is 9.08. The number of alkyl halides is 9. The van der Waals surface area contributed by atoms with E-state index in [2.05, 4.69) is 58.2 Å². The van der Waals surface area contributed by atoms with Crippen LogP contribution in [-0.4, -0.2) is 38.5 Å². The molecule has 3 aromatic heterocycles. The SMILES string of the molecule is Brc1c2c(c(Br)c3ocnc13)N=[C+]O2.Cc1cc(-c2c3ncoc3c(-c3cc(C)cc(C(F)(F)F)c3)c3ncoc23)cc(C(F)(F)F)c1.Cc1cc(B(O)O)cc(C(F)(F)F)c1. The van der Waals surface area contributed by atoms with Crippen LogP contribution in [0.5, 0.6) is 5.75 Å². The number of fused-ring (bicyclic) bond motifs is 4. The van der Waals surface area contributed by atoms with Crippen LogP contribution in [0.1, 0.15) is 33.4 Å². The number of hydrogen-bond donors (Lipinski definition) is 2. The fourth-order valence-electron chi connectivity index (χ4n) is 6.55. The second kappa shape index (κ2) is 16.5. The van der Waals surface area contributed by atoms with Crippen LogP contribution in [-0.2, 0) is 18.5 Å². The van der Waals surface area contributed by atoms with E-state index < -0.39 is 42.3 Å². The summed E-state index contributed by atoms with van der Waals surface area (Å²) < 4.78 is 140. The van der Waals surface area contributed by atoms with Crippen molar-refractivity contribution in [3.8, 4) is 28.0 Å². The largest absolute Gasteiger partial charge is 0.488 e. The summed E-state index contributed by atoms with van der Waals surface area (Å²) in [5.41, 5.74) is 1.53. The Labute approximate surface area is 359 Å². The summed E-state index contributed by atoms with van der Waals surface area (Å²) in [6.45, 7) is 4.51. The molecule has 0 atom stereocenters. The van der Waals surface area contributed by atoms with E-state index in [1.165, 1.54) is 45.4 Å². The minimum absolute atomic E-state index is 0.0881. The monoisotopic (exact) mass is 995 g/mol. The lowest BCUT2D eigenvalue weighted by Gasteiger charge is -2.14. The Kier molecular flexibility index (Phi) is 11.8. The van der Waals surface area contributed by atoms with Gasteiger partial charge in [0.25, 0.3) is 5.69 Å². The highest BCUT2D eigenvalue weighted by Crippen LogP contribution is 2.49. The van der Waals surface area contributed by atoms with Gasteiger partial charge in [-0.15, -0.1) is 0 Å². The van der Waals surface area contributed by atoms with Crippen molar-refractivity contribution >= 4 is 89.8 Å². The molecule has 1 aliphatic heterocycles. The molecule has 62 heavy (non-hydrogen) atoms. The lowest BCUT2D eigenvalue weighted by atomic mass is 9.78. The highest BCUT2D eigenvalue weighted by molar-refractivity contribution is 9.11. The first kappa shape index (κ1) is 44.3. The fraction of sp³-hybridized carbons (Fsp3) is 0.150. The van der Waals surface area contributed by atoms with Gasteiger partial charge in [0.15, 0.2) is 44.9 Å². The first-order valence-corrected chi connectivity index (χ1v) is 19.0. The predicted octanol–water partition coefficient (Wildman–Crippen LogP) is 11.9. The average molecular weight is 997 g/mol. The van der Waals surface area contributed by atoms with Gasteiger partial charge in [-0.25, -0.2) is 19.7 Å². The van der Waals surface area contributed by atoms with E-state index in [4.69, 9.17) is 28.0 Å². The van der Waals surface area contributed by atoms with Crippen molar-refractivity contribution in [1.29, 1.82) is 0 Å². The Morgan fingerprint density at radius 1 is 0.548 bits per heavy atom. The molecule has 22 heteroatoms. The van der Waals surface area contributed by atoms with E-state index in [1.807, 2.05) is 0 Å². The zero-order chi connectivity index (χ0) is 45.1. The number of aryl methyl sites for hydroxylation is 3. The van der Waals surface area contributed by atoms with Crippen molar-refractivity contribution in [2.45, 2.75) is 39.3 Å². The quantitative estimate of drug-likeness (QED) is 0.101. The van der Waals surface area contributed by atoms with Gasteiger partial charge >= 0.3 is 37.8 Å². The Hall–Kier alpha value is -5.80. The highest BCUT2D eigenvalue weighted by Gasteiger charge is 2.36. The summed E-state index contributed by atoms with van der Waals surface area (Å²) in [7, 11) is -1.88. The number of nitrogens with zero attached hydrogens (tertiary/aromatic N) is 4. The fourth-order valence-corrected chi connectivity index (χ4v) is 7.65. The number of oxazole rings is 3. The van der Waals surface area contributed by atoms with Gasteiger partial charge in [0.1, 0.15) is 16.6 Å². The molecular weight excluding hydrogens is 974 g/mol. The molecular formula is C40H23BBr2F9N4O6+. The van der Waals surface area contributed by atoms with Gasteiger partial charge in [0.2, 0.25) is 0 Å². The number of halogens is 11. The molecule has 0 bridgehead atoms. The maximum absolute atomic E-state index is 13.5. The van der Waals surface area contributed by atoms with E-state index in [0.29, 0.717) is 39.2 Å². The number of hydrogen-bond acceptors (Lipinski definition) is 10. The third kappa shape index (κ3) is 8.78. The van der Waals surface area contributed by atoms with Crippen molar-refractivity contribution < 1.29 is 67.6 Å². The number of benzene rings is 5. The second-order valence-electron chi connectivity index (χ2n) is 13.6. The van der Waals surface area contributed by atoms with Crippen LogP contribution in [0.25, 0.3) is 55.6 Å². The van der Waals surface area contributed by atoms with Gasteiger partial charge < -0.3 is 23.3 Å². The molecule has 4 heterocycles. The lowest BCUT2D eigenvalue weighted by molar-refractivity contribution is -0.138. The van der Waals surface area contributed by atoms with Crippen molar-refractivity contribution in [2.75, 3.05) is 0 Å². The topological polar surface area (TPSA) is 140 Å². The number of rotatable bonds is 3. The third-order valence-corrected chi connectivity index (χ3v) is 10.5. The first-order chi connectivity index (χ1) is 29.0. The number of aromatic nitrogens is 3. The van der Waals surface area contributed by atoms with E-state index in [0.717, 1.165) is 58.1 Å². The second-order valence-corrected chi connectivity index (χ2v) is 15.2. The minimum atomic E-state index is -4.58. The van der Waals surface area contributed by atoms with Gasteiger partial charge in [-0.3, -0.25) is 0 Å². The maximum atomic E-state index is 13.5. The lowest BCUT2D eigenvalue weighted by Crippen LogP contribution is -2.31.